The van der Waals surface area contributed by atoms with E-state index in [0.29, 0.717) is 5.57 Å². The van der Waals surface area contributed by atoms with E-state index in [-0.39, 0.29) is 12.3 Å². The lowest BCUT2D eigenvalue weighted by atomic mass is 9.88. The summed E-state index contributed by atoms with van der Waals surface area (Å²) in [4.78, 5) is 22.6. The van der Waals surface area contributed by atoms with Crippen LogP contribution in [0.5, 0.6) is 0 Å². The number of hydrogen-bond acceptors (Lipinski definition) is 3. The number of nitrogens with one attached hydrogen (secondary N) is 1. The maximum absolute atomic E-state index is 11.6. The molecular formula is C10H14N2O3. The van der Waals surface area contributed by atoms with Gasteiger partial charge in [-0.3, -0.25) is 9.59 Å². The molecule has 0 aromatic rings. The van der Waals surface area contributed by atoms with Crippen molar-refractivity contribution in [2.24, 2.45) is 5.73 Å². The molecule has 0 saturated carbocycles. The van der Waals surface area contributed by atoms with Crippen molar-refractivity contribution in [1.82, 2.24) is 5.32 Å². The average molecular weight is 210 g/mol. The van der Waals surface area contributed by atoms with Gasteiger partial charge in [-0.15, -0.1) is 0 Å². The topological polar surface area (TPSA) is 81.4 Å². The van der Waals surface area contributed by atoms with Crippen LogP contribution in [-0.4, -0.2) is 31.6 Å². The summed E-state index contributed by atoms with van der Waals surface area (Å²) in [5.41, 5.74) is 4.42. The Balaban J connectivity index is 2.98. The van der Waals surface area contributed by atoms with E-state index in [9.17, 15) is 9.59 Å². The van der Waals surface area contributed by atoms with Crippen LogP contribution in [0.15, 0.2) is 23.8 Å². The summed E-state index contributed by atoms with van der Waals surface area (Å²) >= 11 is 0. The summed E-state index contributed by atoms with van der Waals surface area (Å²) < 4.78 is 5.16. The zero-order valence-corrected chi connectivity index (χ0v) is 8.74. The van der Waals surface area contributed by atoms with Gasteiger partial charge in [0, 0.05) is 26.2 Å². The fraction of sp³-hybridized carbons (Fsp3) is 0.400. The molecule has 0 aromatic heterocycles. The summed E-state index contributed by atoms with van der Waals surface area (Å²) in [5, 5.41) is 2.49. The minimum Gasteiger partial charge on any atom is -0.366 e. The van der Waals surface area contributed by atoms with Crippen molar-refractivity contribution >= 4 is 11.8 Å². The Labute approximate surface area is 88.0 Å². The molecule has 1 aliphatic rings. The Morgan fingerprint density at radius 3 is 2.73 bits per heavy atom. The van der Waals surface area contributed by atoms with E-state index < -0.39 is 11.5 Å². The van der Waals surface area contributed by atoms with Crippen molar-refractivity contribution in [1.29, 1.82) is 0 Å². The van der Waals surface area contributed by atoms with Crippen molar-refractivity contribution < 1.29 is 14.3 Å². The third-order valence-electron chi connectivity index (χ3n) is 2.41. The van der Waals surface area contributed by atoms with Gasteiger partial charge in [0.2, 0.25) is 5.91 Å². The number of carbonyl (C=O) groups excluding carboxylic acids is 2. The SMILES string of the molecule is CNC(=O)C1(OC)C=CC=C(C(N)=O)C1. The Hall–Kier alpha value is -1.62. The normalized spacial score (nSPS) is 24.5. The van der Waals surface area contributed by atoms with Gasteiger partial charge in [0.1, 0.15) is 0 Å². The lowest BCUT2D eigenvalue weighted by molar-refractivity contribution is -0.137. The van der Waals surface area contributed by atoms with Gasteiger partial charge in [0.25, 0.3) is 5.91 Å². The summed E-state index contributed by atoms with van der Waals surface area (Å²) in [5.74, 6) is -0.835. The number of primary amides is 1. The molecule has 1 rings (SSSR count). The van der Waals surface area contributed by atoms with Crippen LogP contribution in [0.4, 0.5) is 0 Å². The zero-order valence-electron chi connectivity index (χ0n) is 8.74. The molecule has 15 heavy (non-hydrogen) atoms. The molecule has 0 saturated heterocycles. The van der Waals surface area contributed by atoms with Crippen molar-refractivity contribution in [3.8, 4) is 0 Å². The molecular weight excluding hydrogens is 196 g/mol. The van der Waals surface area contributed by atoms with Crippen LogP contribution in [0.1, 0.15) is 6.42 Å². The van der Waals surface area contributed by atoms with Crippen LogP contribution in [0.2, 0.25) is 0 Å². The molecule has 0 bridgehead atoms. The number of likely N-dealkylation sites (N-methyl/N-ethyl adjacent to an activating group) is 1. The third kappa shape index (κ3) is 2.07. The number of amides is 2. The maximum atomic E-state index is 11.6. The minimum absolute atomic E-state index is 0.162. The quantitative estimate of drug-likeness (QED) is 0.658. The lowest BCUT2D eigenvalue weighted by Crippen LogP contribution is -2.47. The van der Waals surface area contributed by atoms with E-state index in [2.05, 4.69) is 5.32 Å². The molecule has 1 aliphatic carbocycles. The predicted molar refractivity (Wildman–Crippen MR) is 54.8 cm³/mol. The first kappa shape index (κ1) is 11.5. The van der Waals surface area contributed by atoms with Crippen LogP contribution < -0.4 is 11.1 Å². The highest BCUT2D eigenvalue weighted by atomic mass is 16.5. The second-order valence-electron chi connectivity index (χ2n) is 3.26. The van der Waals surface area contributed by atoms with Gasteiger partial charge in [-0.1, -0.05) is 12.2 Å². The molecule has 0 aliphatic heterocycles. The van der Waals surface area contributed by atoms with Gasteiger partial charge in [-0.25, -0.2) is 0 Å². The average Bonchev–Trinajstić information content (AvgIpc) is 2.27. The van der Waals surface area contributed by atoms with Gasteiger partial charge in [-0.05, 0) is 6.08 Å². The highest BCUT2D eigenvalue weighted by Gasteiger charge is 2.38. The Morgan fingerprint density at radius 1 is 1.60 bits per heavy atom. The van der Waals surface area contributed by atoms with E-state index >= 15 is 0 Å². The van der Waals surface area contributed by atoms with Crippen LogP contribution in [0.25, 0.3) is 0 Å². The summed E-state index contributed by atoms with van der Waals surface area (Å²) in [7, 11) is 2.93. The van der Waals surface area contributed by atoms with Gasteiger partial charge < -0.3 is 15.8 Å². The number of rotatable bonds is 3. The third-order valence-corrected chi connectivity index (χ3v) is 2.41. The van der Waals surface area contributed by atoms with Crippen molar-refractivity contribution in [2.75, 3.05) is 14.2 Å². The van der Waals surface area contributed by atoms with Gasteiger partial charge in [-0.2, -0.15) is 0 Å². The first-order valence-electron chi connectivity index (χ1n) is 4.51. The van der Waals surface area contributed by atoms with Crippen LogP contribution in [0, 0.1) is 0 Å². The molecule has 5 nitrogen and oxygen atoms in total. The molecule has 0 spiro atoms. The summed E-state index contributed by atoms with van der Waals surface area (Å²) in [6.07, 6.45) is 4.96. The molecule has 82 valence electrons. The predicted octanol–water partition coefficient (Wildman–Crippen LogP) is -0.511. The monoisotopic (exact) mass is 210 g/mol. The zero-order chi connectivity index (χ0) is 11.5. The molecule has 0 heterocycles. The molecule has 3 N–H and O–H groups in total. The van der Waals surface area contributed by atoms with Gasteiger partial charge in [0.15, 0.2) is 5.60 Å². The minimum atomic E-state index is -1.12. The standard InChI is InChI=1S/C10H14N2O3/c1-12-9(14)10(15-2)5-3-4-7(6-10)8(11)13/h3-5H,6H2,1-2H3,(H2,11,13)(H,12,14). The number of allylic oxidation sites excluding steroid dienone is 2. The fourth-order valence-electron chi connectivity index (χ4n) is 1.49. The second-order valence-corrected chi connectivity index (χ2v) is 3.26. The van der Waals surface area contributed by atoms with E-state index in [4.69, 9.17) is 10.5 Å². The van der Waals surface area contributed by atoms with E-state index in [1.54, 1.807) is 18.2 Å². The molecule has 1 atom stereocenters. The molecule has 0 aromatic carbocycles. The second kappa shape index (κ2) is 4.27. The fourth-order valence-corrected chi connectivity index (χ4v) is 1.49. The Bertz CT molecular complexity index is 347. The van der Waals surface area contributed by atoms with Crippen LogP contribution in [0.3, 0.4) is 0 Å². The van der Waals surface area contributed by atoms with Crippen LogP contribution >= 0.6 is 0 Å². The first-order chi connectivity index (χ1) is 7.05. The maximum Gasteiger partial charge on any atom is 0.256 e. The number of nitrogens with two attached hydrogens (primary N) is 1. The Morgan fingerprint density at radius 2 is 2.27 bits per heavy atom. The molecule has 0 fully saturated rings. The van der Waals surface area contributed by atoms with E-state index in [1.807, 2.05) is 0 Å². The molecule has 2 amide bonds. The van der Waals surface area contributed by atoms with Crippen LogP contribution in [-0.2, 0) is 14.3 Å². The number of ether oxygens (including phenoxy) is 1. The van der Waals surface area contributed by atoms with Crippen molar-refractivity contribution in [3.63, 3.8) is 0 Å². The molecule has 1 unspecified atom stereocenters. The number of carbonyl (C=O) groups is 2. The number of hydrogen-bond donors (Lipinski definition) is 2. The highest BCUT2D eigenvalue weighted by molar-refractivity contribution is 5.96. The van der Waals surface area contributed by atoms with Gasteiger partial charge in [0.05, 0.1) is 0 Å². The van der Waals surface area contributed by atoms with E-state index in [1.165, 1.54) is 14.2 Å². The Kier molecular flexibility index (Phi) is 3.26. The summed E-state index contributed by atoms with van der Waals surface area (Å²) in [6, 6.07) is 0. The van der Waals surface area contributed by atoms with Crippen molar-refractivity contribution in [3.05, 3.63) is 23.8 Å². The molecule has 0 radical (unpaired) electrons. The molecule has 5 heteroatoms. The largest absolute Gasteiger partial charge is 0.366 e. The van der Waals surface area contributed by atoms with Crippen molar-refractivity contribution in [2.45, 2.75) is 12.0 Å². The van der Waals surface area contributed by atoms with E-state index in [0.717, 1.165) is 0 Å². The van der Waals surface area contributed by atoms with Gasteiger partial charge >= 0.3 is 0 Å². The first-order valence-corrected chi connectivity index (χ1v) is 4.51. The number of methoxy groups -OCH3 is 1. The lowest BCUT2D eigenvalue weighted by Gasteiger charge is -2.29. The highest BCUT2D eigenvalue weighted by Crippen LogP contribution is 2.26. The smallest absolute Gasteiger partial charge is 0.256 e. The summed E-state index contributed by atoms with van der Waals surface area (Å²) in [6.45, 7) is 0.